The molecule has 1 saturated heterocycles. The van der Waals surface area contributed by atoms with Gasteiger partial charge in [0.05, 0.1) is 12.8 Å². The van der Waals surface area contributed by atoms with Gasteiger partial charge in [-0.25, -0.2) is 9.78 Å². The lowest BCUT2D eigenvalue weighted by atomic mass is 9.94. The maximum atomic E-state index is 12.1. The minimum atomic E-state index is -0.256. The maximum Gasteiger partial charge on any atom is 0.328 e. The van der Waals surface area contributed by atoms with Crippen LogP contribution in [-0.2, 0) is 16.0 Å². The van der Waals surface area contributed by atoms with Crippen molar-refractivity contribution in [3.8, 4) is 0 Å². The Kier molecular flexibility index (Phi) is 4.22. The van der Waals surface area contributed by atoms with Crippen molar-refractivity contribution in [2.24, 2.45) is 0 Å². The van der Waals surface area contributed by atoms with Gasteiger partial charge in [-0.15, -0.1) is 0 Å². The minimum Gasteiger partial charge on any atom is -0.467 e. The second kappa shape index (κ2) is 5.97. The number of methoxy groups -OCH3 is 1. The van der Waals surface area contributed by atoms with Gasteiger partial charge in [0.25, 0.3) is 0 Å². The van der Waals surface area contributed by atoms with E-state index in [4.69, 9.17) is 16.3 Å². The van der Waals surface area contributed by atoms with Crippen molar-refractivity contribution in [1.29, 1.82) is 0 Å². The summed E-state index contributed by atoms with van der Waals surface area (Å²) in [4.78, 5) is 19.0. The topological polar surface area (TPSA) is 47.4 Å². The Morgan fingerprint density at radius 3 is 2.71 bits per heavy atom. The van der Waals surface area contributed by atoms with Crippen LogP contribution >= 0.6 is 11.6 Å². The number of nitrogens with zero attached hydrogens (tertiary/aromatic N) is 3. The molecule has 116 valence electrons. The van der Waals surface area contributed by atoms with E-state index in [1.807, 2.05) is 0 Å². The van der Waals surface area contributed by atoms with Gasteiger partial charge in [-0.05, 0) is 52.2 Å². The number of aromatic nitrogens is 2. The van der Waals surface area contributed by atoms with Gasteiger partial charge >= 0.3 is 5.97 Å². The van der Waals surface area contributed by atoms with Crippen LogP contribution in [0.4, 0.5) is 0 Å². The first-order valence-corrected chi connectivity index (χ1v) is 8.02. The van der Waals surface area contributed by atoms with Crippen LogP contribution in [0.3, 0.4) is 0 Å². The summed E-state index contributed by atoms with van der Waals surface area (Å²) in [6, 6.07) is -0.256. The fourth-order valence-corrected chi connectivity index (χ4v) is 3.81. The van der Waals surface area contributed by atoms with Crippen LogP contribution in [-0.4, -0.2) is 47.7 Å². The molecule has 1 atom stereocenters. The van der Waals surface area contributed by atoms with Crippen LogP contribution in [0.15, 0.2) is 0 Å². The van der Waals surface area contributed by atoms with Gasteiger partial charge < -0.3 is 14.2 Å². The number of ether oxygens (including phenoxy) is 1. The van der Waals surface area contributed by atoms with Crippen LogP contribution in [0.25, 0.3) is 0 Å². The van der Waals surface area contributed by atoms with Gasteiger partial charge in [0.2, 0.25) is 0 Å². The summed E-state index contributed by atoms with van der Waals surface area (Å²) >= 11 is 6.33. The number of imidazole rings is 1. The van der Waals surface area contributed by atoms with E-state index in [1.54, 1.807) is 0 Å². The molecule has 6 heteroatoms. The van der Waals surface area contributed by atoms with E-state index in [2.05, 4.69) is 21.5 Å². The number of fused-ring (bicyclic) bond motifs is 1. The Balaban J connectivity index is 1.96. The van der Waals surface area contributed by atoms with Crippen molar-refractivity contribution in [1.82, 2.24) is 14.5 Å². The number of halogens is 1. The van der Waals surface area contributed by atoms with Crippen molar-refractivity contribution < 1.29 is 9.53 Å². The van der Waals surface area contributed by atoms with Crippen molar-refractivity contribution in [2.45, 2.75) is 44.1 Å². The molecular weight excluding hydrogens is 290 g/mol. The highest BCUT2D eigenvalue weighted by Gasteiger charge is 2.34. The second-order valence-electron chi connectivity index (χ2n) is 6.09. The van der Waals surface area contributed by atoms with Gasteiger partial charge in [-0.1, -0.05) is 11.6 Å². The Morgan fingerprint density at radius 1 is 1.33 bits per heavy atom. The molecule has 1 aromatic heterocycles. The predicted octanol–water partition coefficient (Wildman–Crippen LogP) is 2.40. The van der Waals surface area contributed by atoms with E-state index in [1.165, 1.54) is 7.11 Å². The highest BCUT2D eigenvalue weighted by atomic mass is 35.5. The molecule has 0 radical (unpaired) electrons. The van der Waals surface area contributed by atoms with Crippen LogP contribution in [0.5, 0.6) is 0 Å². The van der Waals surface area contributed by atoms with Crippen molar-refractivity contribution in [3.63, 3.8) is 0 Å². The number of hydrogen-bond acceptors (Lipinski definition) is 4. The van der Waals surface area contributed by atoms with Crippen LogP contribution < -0.4 is 0 Å². The van der Waals surface area contributed by atoms with E-state index in [-0.39, 0.29) is 12.0 Å². The summed E-state index contributed by atoms with van der Waals surface area (Å²) in [5.41, 5.74) is 1.01. The molecule has 3 rings (SSSR count). The van der Waals surface area contributed by atoms with Crippen molar-refractivity contribution in [3.05, 3.63) is 16.7 Å². The number of carbonyl (C=O) groups excluding carboxylic acids is 1. The summed E-state index contributed by atoms with van der Waals surface area (Å²) in [6.45, 7) is 2.13. The molecule has 0 spiro atoms. The maximum absolute atomic E-state index is 12.1. The predicted molar refractivity (Wildman–Crippen MR) is 80.7 cm³/mol. The van der Waals surface area contributed by atoms with E-state index >= 15 is 0 Å². The molecule has 2 aliphatic heterocycles. The lowest BCUT2D eigenvalue weighted by molar-refractivity contribution is -0.145. The lowest BCUT2D eigenvalue weighted by Crippen LogP contribution is -2.33. The van der Waals surface area contributed by atoms with Gasteiger partial charge in [-0.2, -0.15) is 0 Å². The Labute approximate surface area is 130 Å². The third-order valence-corrected chi connectivity index (χ3v) is 5.05. The number of esters is 1. The number of likely N-dealkylation sites (tertiary alicyclic amines) is 1. The van der Waals surface area contributed by atoms with Gasteiger partial charge in [0.15, 0.2) is 5.15 Å². The zero-order chi connectivity index (χ0) is 15.0. The van der Waals surface area contributed by atoms with E-state index < -0.39 is 0 Å². The number of rotatable bonds is 2. The molecule has 2 aliphatic rings. The van der Waals surface area contributed by atoms with Crippen LogP contribution in [0.1, 0.15) is 49.2 Å². The Bertz CT molecular complexity index is 535. The summed E-state index contributed by atoms with van der Waals surface area (Å²) in [5.74, 6) is 1.19. The molecule has 0 aromatic carbocycles. The minimum absolute atomic E-state index is 0.181. The second-order valence-corrected chi connectivity index (χ2v) is 6.44. The number of carbonyl (C=O) groups is 1. The Hall–Kier alpha value is -1.07. The summed E-state index contributed by atoms with van der Waals surface area (Å²) in [6.07, 6.45) is 4.80. The highest BCUT2D eigenvalue weighted by Crippen LogP contribution is 2.37. The highest BCUT2D eigenvalue weighted by molar-refractivity contribution is 6.30. The normalized spacial score (nSPS) is 23.9. The quantitative estimate of drug-likeness (QED) is 0.787. The van der Waals surface area contributed by atoms with Gasteiger partial charge in [-0.3, -0.25) is 0 Å². The molecule has 0 aliphatic carbocycles. The molecule has 0 saturated carbocycles. The van der Waals surface area contributed by atoms with E-state index in [0.717, 1.165) is 56.7 Å². The molecule has 1 unspecified atom stereocenters. The van der Waals surface area contributed by atoms with Crippen LogP contribution in [0, 0.1) is 0 Å². The van der Waals surface area contributed by atoms with Crippen LogP contribution in [0.2, 0.25) is 5.15 Å². The molecule has 0 amide bonds. The first-order chi connectivity index (χ1) is 10.1. The third-order valence-electron chi connectivity index (χ3n) is 4.75. The zero-order valence-corrected chi connectivity index (χ0v) is 13.4. The SMILES string of the molecule is COC(=O)C1CCCc2c(Cl)nc(C3CCN(C)CC3)n21. The lowest BCUT2D eigenvalue weighted by Gasteiger charge is -2.31. The largest absolute Gasteiger partial charge is 0.467 e. The molecule has 21 heavy (non-hydrogen) atoms. The molecule has 3 heterocycles. The van der Waals surface area contributed by atoms with Gasteiger partial charge in [0, 0.05) is 5.92 Å². The fourth-order valence-electron chi connectivity index (χ4n) is 3.53. The van der Waals surface area contributed by atoms with E-state index in [0.29, 0.717) is 11.1 Å². The first-order valence-electron chi connectivity index (χ1n) is 7.64. The standard InChI is InChI=1S/C15H22ClN3O2/c1-18-8-6-10(7-9-18)14-17-13(16)11-4-3-5-12(19(11)14)15(20)21-2/h10,12H,3-9H2,1-2H3. The Morgan fingerprint density at radius 2 is 2.05 bits per heavy atom. The monoisotopic (exact) mass is 311 g/mol. The molecule has 0 N–H and O–H groups in total. The summed E-state index contributed by atoms with van der Waals surface area (Å²) in [7, 11) is 3.59. The molecule has 1 fully saturated rings. The number of piperidine rings is 1. The zero-order valence-electron chi connectivity index (χ0n) is 12.6. The van der Waals surface area contributed by atoms with E-state index in [9.17, 15) is 4.79 Å². The molecular formula is C15H22ClN3O2. The molecule has 0 bridgehead atoms. The molecule has 1 aromatic rings. The first kappa shape index (κ1) is 14.9. The third kappa shape index (κ3) is 2.69. The molecule has 5 nitrogen and oxygen atoms in total. The van der Waals surface area contributed by atoms with Crippen molar-refractivity contribution in [2.75, 3.05) is 27.2 Å². The van der Waals surface area contributed by atoms with Crippen molar-refractivity contribution >= 4 is 17.6 Å². The van der Waals surface area contributed by atoms with Gasteiger partial charge in [0.1, 0.15) is 11.9 Å². The summed E-state index contributed by atoms with van der Waals surface area (Å²) in [5, 5.41) is 0.567. The fraction of sp³-hybridized carbons (Fsp3) is 0.733. The smallest absolute Gasteiger partial charge is 0.328 e. The summed E-state index contributed by atoms with van der Waals surface area (Å²) < 4.78 is 7.05. The number of hydrogen-bond donors (Lipinski definition) is 0. The average Bonchev–Trinajstić information content (AvgIpc) is 2.85. The average molecular weight is 312 g/mol.